The summed E-state index contributed by atoms with van der Waals surface area (Å²) in [6.07, 6.45) is -0.171. The molecule has 1 aromatic carbocycles. The number of benzene rings is 1. The first kappa shape index (κ1) is 14.6. The first-order valence-electron chi connectivity index (χ1n) is 6.87. The summed E-state index contributed by atoms with van der Waals surface area (Å²) in [6, 6.07) is 4.62. The van der Waals surface area contributed by atoms with Crippen molar-refractivity contribution in [3.05, 3.63) is 41.8 Å². The van der Waals surface area contributed by atoms with Crippen molar-refractivity contribution in [2.24, 2.45) is 0 Å². The van der Waals surface area contributed by atoms with E-state index in [0.29, 0.717) is 5.56 Å². The first-order chi connectivity index (χ1) is 10.4. The van der Waals surface area contributed by atoms with Crippen LogP contribution in [0.3, 0.4) is 0 Å². The molecule has 1 aromatic heterocycles. The van der Waals surface area contributed by atoms with Gasteiger partial charge in [0.25, 0.3) is 5.91 Å². The highest BCUT2D eigenvalue weighted by atomic mass is 19.4. The van der Waals surface area contributed by atoms with Crippen molar-refractivity contribution in [1.82, 2.24) is 10.3 Å². The Balaban J connectivity index is 1.74. The summed E-state index contributed by atoms with van der Waals surface area (Å²) in [5.74, 6) is -0.209. The Kier molecular flexibility index (Phi) is 3.64. The van der Waals surface area contributed by atoms with Gasteiger partial charge in [-0.1, -0.05) is 0 Å². The molecule has 0 unspecified atom stereocenters. The van der Waals surface area contributed by atoms with Gasteiger partial charge in [-0.2, -0.15) is 13.2 Å². The number of hydrogen-bond donors (Lipinski definition) is 1. The SMILES string of the molecule is O=C(NC1CCC1)c1coc(-c2ccc(C(F)(F)F)cc2)n1. The quantitative estimate of drug-likeness (QED) is 0.941. The highest BCUT2D eigenvalue weighted by Gasteiger charge is 2.30. The second-order valence-electron chi connectivity index (χ2n) is 5.21. The van der Waals surface area contributed by atoms with E-state index in [9.17, 15) is 18.0 Å². The van der Waals surface area contributed by atoms with E-state index in [0.717, 1.165) is 31.4 Å². The Morgan fingerprint density at radius 1 is 1.23 bits per heavy atom. The summed E-state index contributed by atoms with van der Waals surface area (Å²) in [6.45, 7) is 0. The van der Waals surface area contributed by atoms with Gasteiger partial charge in [0, 0.05) is 11.6 Å². The zero-order valence-corrected chi connectivity index (χ0v) is 11.5. The largest absolute Gasteiger partial charge is 0.444 e. The third kappa shape index (κ3) is 2.98. The molecule has 1 saturated carbocycles. The number of nitrogens with zero attached hydrogens (tertiary/aromatic N) is 1. The number of aromatic nitrogens is 1. The summed E-state index contributed by atoms with van der Waals surface area (Å²) in [5, 5.41) is 2.82. The van der Waals surface area contributed by atoms with Crippen molar-refractivity contribution < 1.29 is 22.4 Å². The predicted octanol–water partition coefficient (Wildman–Crippen LogP) is 3.64. The van der Waals surface area contributed by atoms with Crippen LogP contribution in [0.1, 0.15) is 35.3 Å². The van der Waals surface area contributed by atoms with Gasteiger partial charge in [-0.15, -0.1) is 0 Å². The molecule has 1 amide bonds. The van der Waals surface area contributed by atoms with Gasteiger partial charge in [0.05, 0.1) is 5.56 Å². The van der Waals surface area contributed by atoms with Gasteiger partial charge in [0.2, 0.25) is 5.89 Å². The molecule has 1 N–H and O–H groups in total. The van der Waals surface area contributed by atoms with Crippen molar-refractivity contribution >= 4 is 5.91 Å². The molecule has 0 aliphatic heterocycles. The average Bonchev–Trinajstić information content (AvgIpc) is 2.91. The molecule has 1 aliphatic carbocycles. The van der Waals surface area contributed by atoms with Gasteiger partial charge in [-0.25, -0.2) is 4.98 Å². The van der Waals surface area contributed by atoms with Gasteiger partial charge in [0.15, 0.2) is 5.69 Å². The maximum absolute atomic E-state index is 12.5. The first-order valence-corrected chi connectivity index (χ1v) is 6.87. The van der Waals surface area contributed by atoms with E-state index < -0.39 is 11.7 Å². The molecule has 0 radical (unpaired) electrons. The summed E-state index contributed by atoms with van der Waals surface area (Å²) in [7, 11) is 0. The van der Waals surface area contributed by atoms with Crippen LogP contribution in [0.25, 0.3) is 11.5 Å². The molecule has 7 heteroatoms. The summed E-state index contributed by atoms with van der Waals surface area (Å²) >= 11 is 0. The Morgan fingerprint density at radius 2 is 1.91 bits per heavy atom. The molecule has 22 heavy (non-hydrogen) atoms. The molecule has 3 rings (SSSR count). The Labute approximate surface area is 124 Å². The molecule has 0 spiro atoms. The van der Waals surface area contributed by atoms with E-state index in [4.69, 9.17) is 4.42 Å². The lowest BCUT2D eigenvalue weighted by atomic mass is 9.93. The molecule has 116 valence electrons. The third-order valence-electron chi connectivity index (χ3n) is 3.64. The van der Waals surface area contributed by atoms with Gasteiger partial charge < -0.3 is 9.73 Å². The molecule has 4 nitrogen and oxygen atoms in total. The molecule has 0 saturated heterocycles. The van der Waals surface area contributed by atoms with E-state index in [1.807, 2.05) is 0 Å². The second-order valence-corrected chi connectivity index (χ2v) is 5.21. The van der Waals surface area contributed by atoms with Crippen molar-refractivity contribution in [3.8, 4) is 11.5 Å². The number of carbonyl (C=O) groups is 1. The molecule has 0 atom stereocenters. The molecule has 1 heterocycles. The van der Waals surface area contributed by atoms with E-state index in [2.05, 4.69) is 10.3 Å². The predicted molar refractivity (Wildman–Crippen MR) is 72.0 cm³/mol. The van der Waals surface area contributed by atoms with Gasteiger partial charge >= 0.3 is 6.18 Å². The van der Waals surface area contributed by atoms with Crippen LogP contribution in [0.2, 0.25) is 0 Å². The molecule has 0 bridgehead atoms. The fourth-order valence-electron chi connectivity index (χ4n) is 2.12. The summed E-state index contributed by atoms with van der Waals surface area (Å²) in [4.78, 5) is 15.9. The van der Waals surface area contributed by atoms with Crippen LogP contribution in [-0.2, 0) is 6.18 Å². The minimum atomic E-state index is -4.39. The van der Waals surface area contributed by atoms with Crippen LogP contribution in [0.4, 0.5) is 13.2 Å². The van der Waals surface area contributed by atoms with Gasteiger partial charge in [0.1, 0.15) is 6.26 Å². The number of oxazole rings is 1. The fourth-order valence-corrected chi connectivity index (χ4v) is 2.12. The van der Waals surface area contributed by atoms with Gasteiger partial charge in [-0.05, 0) is 43.5 Å². The number of hydrogen-bond acceptors (Lipinski definition) is 3. The van der Waals surface area contributed by atoms with E-state index in [1.165, 1.54) is 18.4 Å². The molecule has 1 aliphatic rings. The number of nitrogens with one attached hydrogen (secondary N) is 1. The van der Waals surface area contributed by atoms with Crippen LogP contribution >= 0.6 is 0 Å². The van der Waals surface area contributed by atoms with E-state index in [-0.39, 0.29) is 23.5 Å². The van der Waals surface area contributed by atoms with Gasteiger partial charge in [-0.3, -0.25) is 4.79 Å². The van der Waals surface area contributed by atoms with Crippen LogP contribution in [-0.4, -0.2) is 16.9 Å². The van der Waals surface area contributed by atoms with Crippen molar-refractivity contribution in [2.75, 3.05) is 0 Å². The lowest BCUT2D eigenvalue weighted by molar-refractivity contribution is -0.137. The summed E-state index contributed by atoms with van der Waals surface area (Å²) in [5.41, 5.74) is -0.233. The Hall–Kier alpha value is -2.31. The number of carbonyl (C=O) groups excluding carboxylic acids is 1. The van der Waals surface area contributed by atoms with Crippen LogP contribution in [0, 0.1) is 0 Å². The average molecular weight is 310 g/mol. The maximum atomic E-state index is 12.5. The zero-order valence-electron chi connectivity index (χ0n) is 11.5. The Bertz CT molecular complexity index is 673. The smallest absolute Gasteiger partial charge is 0.416 e. The molecular formula is C15H13F3N2O2. The minimum absolute atomic E-state index is 0.118. The van der Waals surface area contributed by atoms with E-state index in [1.54, 1.807) is 0 Å². The summed E-state index contributed by atoms with van der Waals surface area (Å²) < 4.78 is 42.7. The number of rotatable bonds is 3. The van der Waals surface area contributed by atoms with Crippen LogP contribution in [0.15, 0.2) is 34.9 Å². The molecular weight excluding hydrogens is 297 g/mol. The number of halogens is 3. The maximum Gasteiger partial charge on any atom is 0.416 e. The Morgan fingerprint density at radius 3 is 2.45 bits per heavy atom. The van der Waals surface area contributed by atoms with Crippen LogP contribution in [0.5, 0.6) is 0 Å². The molecule has 1 fully saturated rings. The van der Waals surface area contributed by atoms with Crippen molar-refractivity contribution in [1.29, 1.82) is 0 Å². The van der Waals surface area contributed by atoms with Crippen LogP contribution < -0.4 is 5.32 Å². The highest BCUT2D eigenvalue weighted by molar-refractivity contribution is 5.92. The van der Waals surface area contributed by atoms with E-state index >= 15 is 0 Å². The highest BCUT2D eigenvalue weighted by Crippen LogP contribution is 2.30. The topological polar surface area (TPSA) is 55.1 Å². The minimum Gasteiger partial charge on any atom is -0.444 e. The van der Waals surface area contributed by atoms with Crippen molar-refractivity contribution in [3.63, 3.8) is 0 Å². The number of alkyl halides is 3. The second kappa shape index (κ2) is 5.47. The standard InChI is InChI=1S/C15H13F3N2O2/c16-15(17,18)10-6-4-9(5-7-10)14-20-12(8-22-14)13(21)19-11-2-1-3-11/h4-8,11H,1-3H2,(H,19,21). The monoisotopic (exact) mass is 310 g/mol. The zero-order chi connectivity index (χ0) is 15.7. The lowest BCUT2D eigenvalue weighted by Crippen LogP contribution is -2.39. The lowest BCUT2D eigenvalue weighted by Gasteiger charge is -2.25. The fraction of sp³-hybridized carbons (Fsp3) is 0.333. The third-order valence-corrected chi connectivity index (χ3v) is 3.64. The van der Waals surface area contributed by atoms with Crippen molar-refractivity contribution in [2.45, 2.75) is 31.5 Å². The normalized spacial score (nSPS) is 15.4. The number of amides is 1. The molecule has 2 aromatic rings.